The van der Waals surface area contributed by atoms with Crippen molar-refractivity contribution >= 4 is 22.9 Å². The van der Waals surface area contributed by atoms with Crippen LogP contribution in [0.1, 0.15) is 59.4 Å². The number of carbonyl (C=O) groups excluding carboxylic acids is 1. The van der Waals surface area contributed by atoms with Crippen LogP contribution in [0, 0.1) is 6.92 Å². The zero-order valence-electron chi connectivity index (χ0n) is 24.3. The van der Waals surface area contributed by atoms with Crippen molar-refractivity contribution < 1.29 is 4.79 Å². The van der Waals surface area contributed by atoms with E-state index in [0.29, 0.717) is 34.7 Å². The maximum Gasteiger partial charge on any atom is 0.261 e. The Labute approximate surface area is 249 Å². The summed E-state index contributed by atoms with van der Waals surface area (Å²) in [5, 5.41) is 7.50. The first-order chi connectivity index (χ1) is 20.9. The molecule has 3 N–H and O–H groups in total. The zero-order valence-corrected chi connectivity index (χ0v) is 24.3. The van der Waals surface area contributed by atoms with E-state index in [1.54, 1.807) is 12.4 Å². The normalized spacial score (nSPS) is 16.0. The average molecular weight is 575 g/mol. The Bertz CT molecular complexity index is 1880. The van der Waals surface area contributed by atoms with E-state index in [-0.39, 0.29) is 11.0 Å². The van der Waals surface area contributed by atoms with Crippen molar-refractivity contribution in [3.63, 3.8) is 0 Å². The molecule has 1 aliphatic carbocycles. The monoisotopic (exact) mass is 574 g/mol. The number of carbonyl (C=O) groups is 1. The lowest BCUT2D eigenvalue weighted by atomic mass is 9.93. The van der Waals surface area contributed by atoms with Crippen LogP contribution in [0.2, 0.25) is 0 Å². The molecule has 0 radical (unpaired) electrons. The molecule has 0 atom stereocenters. The molecule has 218 valence electrons. The van der Waals surface area contributed by atoms with E-state index >= 15 is 0 Å². The Morgan fingerprint density at radius 3 is 2.49 bits per heavy atom. The van der Waals surface area contributed by atoms with Gasteiger partial charge in [0.2, 0.25) is 5.43 Å². The molecule has 1 amide bonds. The number of anilines is 2. The smallest absolute Gasteiger partial charge is 0.261 e. The SMILES string of the molecule is Cc1c(-c2ccccn2)c(=O)c(C(=O)Nc2ccc(-c3cc(C4CCN(C)CC4)n4ncnc(N)c34)cc2)cn1C1CC1. The van der Waals surface area contributed by atoms with Gasteiger partial charge in [0.1, 0.15) is 17.4 Å². The number of nitrogen functional groups attached to an aromatic ring is 1. The highest BCUT2D eigenvalue weighted by Crippen LogP contribution is 2.38. The summed E-state index contributed by atoms with van der Waals surface area (Å²) in [6, 6.07) is 15.5. The molecule has 0 unspecified atom stereocenters. The van der Waals surface area contributed by atoms with Gasteiger partial charge in [-0.1, -0.05) is 18.2 Å². The number of pyridine rings is 2. The number of fused-ring (bicyclic) bond motifs is 1. The van der Waals surface area contributed by atoms with E-state index in [1.165, 1.54) is 6.33 Å². The molecule has 10 heteroatoms. The average Bonchev–Trinajstić information content (AvgIpc) is 3.78. The van der Waals surface area contributed by atoms with E-state index in [9.17, 15) is 9.59 Å². The lowest BCUT2D eigenvalue weighted by Crippen LogP contribution is -2.29. The fourth-order valence-corrected chi connectivity index (χ4v) is 6.27. The van der Waals surface area contributed by atoms with Crippen LogP contribution < -0.4 is 16.5 Å². The Kier molecular flexibility index (Phi) is 6.78. The first-order valence-corrected chi connectivity index (χ1v) is 14.8. The van der Waals surface area contributed by atoms with Crippen LogP contribution in [0.4, 0.5) is 11.5 Å². The molecule has 4 aromatic heterocycles. The lowest BCUT2D eigenvalue weighted by molar-refractivity contribution is 0.102. The van der Waals surface area contributed by atoms with Crippen LogP contribution >= 0.6 is 0 Å². The van der Waals surface area contributed by atoms with Crippen molar-refractivity contribution in [1.82, 2.24) is 29.0 Å². The number of piperidine rings is 1. The second-order valence-electron chi connectivity index (χ2n) is 11.7. The first-order valence-electron chi connectivity index (χ1n) is 14.8. The molecule has 5 heterocycles. The molecule has 43 heavy (non-hydrogen) atoms. The molecule has 1 saturated heterocycles. The van der Waals surface area contributed by atoms with Gasteiger partial charge in [-0.25, -0.2) is 9.50 Å². The minimum absolute atomic E-state index is 0.105. The number of nitrogens with zero attached hydrogens (tertiary/aromatic N) is 6. The third-order valence-electron chi connectivity index (χ3n) is 8.80. The summed E-state index contributed by atoms with van der Waals surface area (Å²) in [5.41, 5.74) is 12.4. The fraction of sp³-hybridized carbons (Fsp3) is 0.303. The maximum atomic E-state index is 13.6. The molecule has 2 fully saturated rings. The molecule has 0 spiro atoms. The number of aromatic nitrogens is 5. The minimum Gasteiger partial charge on any atom is -0.382 e. The lowest BCUT2D eigenvalue weighted by Gasteiger charge is -2.28. The van der Waals surface area contributed by atoms with Gasteiger partial charge in [-0.3, -0.25) is 14.6 Å². The van der Waals surface area contributed by atoms with Crippen LogP contribution in [0.5, 0.6) is 0 Å². The van der Waals surface area contributed by atoms with Crippen molar-refractivity contribution in [2.75, 3.05) is 31.2 Å². The van der Waals surface area contributed by atoms with Crippen molar-refractivity contribution in [2.24, 2.45) is 0 Å². The number of likely N-dealkylation sites (tertiary alicyclic amines) is 1. The molecule has 7 rings (SSSR count). The number of rotatable bonds is 6. The third kappa shape index (κ3) is 4.97. The van der Waals surface area contributed by atoms with Crippen LogP contribution in [0.15, 0.2) is 72.0 Å². The van der Waals surface area contributed by atoms with Gasteiger partial charge in [-0.15, -0.1) is 0 Å². The number of benzene rings is 1. The van der Waals surface area contributed by atoms with Crippen molar-refractivity contribution in [2.45, 2.75) is 44.6 Å². The fourth-order valence-electron chi connectivity index (χ4n) is 6.27. The molecule has 1 aliphatic heterocycles. The number of nitrogens with two attached hydrogens (primary N) is 1. The second-order valence-corrected chi connectivity index (χ2v) is 11.7. The topological polar surface area (TPSA) is 123 Å². The number of nitrogens with one attached hydrogen (secondary N) is 1. The Balaban J connectivity index is 1.20. The molecule has 0 bridgehead atoms. The molecule has 1 aromatic carbocycles. The predicted molar refractivity (Wildman–Crippen MR) is 167 cm³/mol. The van der Waals surface area contributed by atoms with Crippen LogP contribution in [0.3, 0.4) is 0 Å². The van der Waals surface area contributed by atoms with Crippen LogP contribution in [0.25, 0.3) is 27.9 Å². The molecule has 1 saturated carbocycles. The number of amides is 1. The standard InChI is InChI=1S/C33H34N8O2/c1-20-29(27-5-3-4-14-35-27)31(42)26(18-40(20)24-10-11-24)33(43)38-23-8-6-21(7-9-23)25-17-28(22-12-15-39(2)16-13-22)41-30(25)32(34)36-19-37-41/h3-9,14,17-19,22,24H,10-13,15-16H2,1-2H3,(H,38,43)(H2,34,36,37). The van der Waals surface area contributed by atoms with E-state index in [1.807, 2.05) is 53.9 Å². The summed E-state index contributed by atoms with van der Waals surface area (Å²) >= 11 is 0. The predicted octanol–water partition coefficient (Wildman–Crippen LogP) is 4.91. The highest BCUT2D eigenvalue weighted by molar-refractivity contribution is 6.05. The Morgan fingerprint density at radius 1 is 1.02 bits per heavy atom. The van der Waals surface area contributed by atoms with Gasteiger partial charge in [-0.2, -0.15) is 5.10 Å². The highest BCUT2D eigenvalue weighted by Gasteiger charge is 2.29. The Morgan fingerprint density at radius 2 is 1.79 bits per heavy atom. The van der Waals surface area contributed by atoms with E-state index in [4.69, 9.17) is 5.73 Å². The third-order valence-corrected chi connectivity index (χ3v) is 8.80. The van der Waals surface area contributed by atoms with Gasteiger partial charge in [0.25, 0.3) is 5.91 Å². The van der Waals surface area contributed by atoms with Gasteiger partial charge < -0.3 is 20.5 Å². The Hall–Kier alpha value is -4.83. The van der Waals surface area contributed by atoms with E-state index in [2.05, 4.69) is 43.0 Å². The minimum atomic E-state index is -0.444. The summed E-state index contributed by atoms with van der Waals surface area (Å²) in [7, 11) is 2.15. The van der Waals surface area contributed by atoms with Crippen LogP contribution in [-0.4, -0.2) is 55.1 Å². The second kappa shape index (κ2) is 10.8. The quantitative estimate of drug-likeness (QED) is 0.295. The van der Waals surface area contributed by atoms with E-state index in [0.717, 1.165) is 66.8 Å². The zero-order chi connectivity index (χ0) is 29.7. The van der Waals surface area contributed by atoms with Gasteiger partial charge in [0.05, 0.1) is 11.3 Å². The van der Waals surface area contributed by atoms with Gasteiger partial charge >= 0.3 is 0 Å². The molecule has 2 aliphatic rings. The number of hydrogen-bond donors (Lipinski definition) is 2. The van der Waals surface area contributed by atoms with Crippen molar-refractivity contribution in [1.29, 1.82) is 0 Å². The molecular formula is C33H34N8O2. The summed E-state index contributed by atoms with van der Waals surface area (Å²) in [4.78, 5) is 38.2. The summed E-state index contributed by atoms with van der Waals surface area (Å²) in [6.07, 6.45) is 9.03. The summed E-state index contributed by atoms with van der Waals surface area (Å²) < 4.78 is 3.99. The highest BCUT2D eigenvalue weighted by atomic mass is 16.2. The first kappa shape index (κ1) is 27.0. The molecule has 5 aromatic rings. The number of hydrogen-bond acceptors (Lipinski definition) is 7. The van der Waals surface area contributed by atoms with Gasteiger partial charge in [-0.05, 0) is 88.6 Å². The maximum absolute atomic E-state index is 13.6. The molecule has 10 nitrogen and oxygen atoms in total. The van der Waals surface area contributed by atoms with Crippen LogP contribution in [-0.2, 0) is 0 Å². The largest absolute Gasteiger partial charge is 0.382 e. The summed E-state index contributed by atoms with van der Waals surface area (Å²) in [5.74, 6) is 0.368. The van der Waals surface area contributed by atoms with Crippen molar-refractivity contribution in [3.8, 4) is 22.4 Å². The summed E-state index contributed by atoms with van der Waals surface area (Å²) in [6.45, 7) is 4.00. The van der Waals surface area contributed by atoms with Gasteiger partial charge in [0, 0.05) is 47.0 Å². The van der Waals surface area contributed by atoms with Gasteiger partial charge in [0.15, 0.2) is 5.82 Å². The van der Waals surface area contributed by atoms with Crippen molar-refractivity contribution in [3.05, 3.63) is 94.4 Å². The molecular weight excluding hydrogens is 540 g/mol. The van der Waals surface area contributed by atoms with E-state index < -0.39 is 5.91 Å².